The Morgan fingerprint density at radius 2 is 1.85 bits per heavy atom. The molecule has 0 N–H and O–H groups in total. The van der Waals surface area contributed by atoms with E-state index in [1.807, 2.05) is 0 Å². The molecule has 1 aromatic rings. The molecule has 0 aliphatic heterocycles. The molecule has 0 unspecified atom stereocenters. The predicted octanol–water partition coefficient (Wildman–Crippen LogP) is 4.26. The van der Waals surface area contributed by atoms with Crippen molar-refractivity contribution in [2.45, 2.75) is 39.5 Å². The fourth-order valence-corrected chi connectivity index (χ4v) is 1.99. The summed E-state index contributed by atoms with van der Waals surface area (Å²) in [4.78, 5) is 32.1. The third-order valence-electron chi connectivity index (χ3n) is 3.27. The van der Waals surface area contributed by atoms with Crippen LogP contribution in [0.4, 0.5) is 25.0 Å². The second kappa shape index (κ2) is 8.50. The molecule has 0 aliphatic rings. The summed E-state index contributed by atoms with van der Waals surface area (Å²) in [5, 5.41) is 22.2. The van der Waals surface area contributed by atoms with Crippen LogP contribution in [0.2, 0.25) is 0 Å². The number of hydrogen-bond acceptors (Lipinski definition) is 7. The predicted molar refractivity (Wildman–Crippen MR) is 85.5 cm³/mol. The first kappa shape index (κ1) is 21.2. The molecule has 0 amide bonds. The van der Waals surface area contributed by atoms with E-state index in [-0.39, 0.29) is 17.9 Å². The van der Waals surface area contributed by atoms with Crippen molar-refractivity contribution in [1.82, 2.24) is 0 Å². The number of halogens is 2. The molecule has 0 heterocycles. The Balaban J connectivity index is 3.23. The van der Waals surface area contributed by atoms with E-state index >= 15 is 0 Å². The molecule has 144 valence electrons. The van der Waals surface area contributed by atoms with Gasteiger partial charge in [-0.2, -0.15) is 0 Å². The van der Waals surface area contributed by atoms with Gasteiger partial charge in [0.15, 0.2) is 6.61 Å². The molecule has 1 aromatic carbocycles. The molecule has 0 aromatic heterocycles. The lowest BCUT2D eigenvalue weighted by Gasteiger charge is -2.15. The Morgan fingerprint density at radius 1 is 1.23 bits per heavy atom. The zero-order valence-electron chi connectivity index (χ0n) is 14.4. The first-order valence-electron chi connectivity index (χ1n) is 7.65. The molecule has 0 radical (unpaired) electrons. The maximum absolute atomic E-state index is 13.1. The highest BCUT2D eigenvalue weighted by Crippen LogP contribution is 2.37. The number of benzene rings is 1. The van der Waals surface area contributed by atoms with Crippen LogP contribution >= 0.6 is 0 Å². The summed E-state index contributed by atoms with van der Waals surface area (Å²) in [6, 6.07) is 1.67. The first-order valence-corrected chi connectivity index (χ1v) is 7.65. The van der Waals surface area contributed by atoms with Crippen LogP contribution in [0.3, 0.4) is 0 Å². The van der Waals surface area contributed by atoms with E-state index in [0.29, 0.717) is 6.07 Å². The first-order chi connectivity index (χ1) is 12.0. The fourth-order valence-electron chi connectivity index (χ4n) is 1.99. The van der Waals surface area contributed by atoms with E-state index in [0.717, 1.165) is 6.07 Å². The summed E-state index contributed by atoms with van der Waals surface area (Å²) in [5.41, 5.74) is -1.35. The van der Waals surface area contributed by atoms with Crippen LogP contribution in [-0.4, -0.2) is 28.5 Å². The van der Waals surface area contributed by atoms with Crippen molar-refractivity contribution >= 4 is 17.5 Å². The van der Waals surface area contributed by atoms with Gasteiger partial charge in [-0.25, -0.2) is 13.6 Å². The lowest BCUT2D eigenvalue weighted by molar-refractivity contribution is -0.394. The largest absolute Gasteiger partial charge is 0.514 e. The summed E-state index contributed by atoms with van der Waals surface area (Å²) in [6.07, 6.45) is -2.01. The second-order valence-corrected chi connectivity index (χ2v) is 5.92. The number of rotatable bonds is 8. The molecule has 0 fully saturated rings. The molecular formula is C15H18F2N2O7. The zero-order chi connectivity index (χ0) is 20.1. The number of carbonyl (C=O) groups excluding carboxylic acids is 1. The monoisotopic (exact) mass is 376 g/mol. The molecule has 0 aliphatic carbocycles. The van der Waals surface area contributed by atoms with Gasteiger partial charge in [0.05, 0.1) is 15.9 Å². The van der Waals surface area contributed by atoms with Gasteiger partial charge in [-0.1, -0.05) is 20.8 Å². The quantitative estimate of drug-likeness (QED) is 0.287. The molecule has 0 saturated heterocycles. The van der Waals surface area contributed by atoms with E-state index < -0.39 is 52.1 Å². The minimum atomic E-state index is -3.26. The maximum Gasteiger partial charge on any atom is 0.514 e. The zero-order valence-corrected chi connectivity index (χ0v) is 14.4. The summed E-state index contributed by atoms with van der Waals surface area (Å²) in [5.74, 6) is -3.90. The van der Waals surface area contributed by atoms with Crippen LogP contribution in [-0.2, 0) is 11.2 Å². The molecule has 11 heteroatoms. The number of nitro groups is 2. The average Bonchev–Trinajstić information content (AvgIpc) is 2.53. The lowest BCUT2D eigenvalue weighted by Crippen LogP contribution is -2.26. The SMILES string of the molecule is CCC(F)(F)COC(=O)Oc1c(CC(C)C)cc([N+](=O)[O-])cc1[N+](=O)[O-]. The van der Waals surface area contributed by atoms with E-state index in [1.54, 1.807) is 13.8 Å². The molecule has 26 heavy (non-hydrogen) atoms. The van der Waals surface area contributed by atoms with Gasteiger partial charge in [0.2, 0.25) is 5.75 Å². The van der Waals surface area contributed by atoms with Crippen molar-refractivity contribution in [3.8, 4) is 5.75 Å². The Bertz CT molecular complexity index is 707. The Labute approximate surface area is 147 Å². The molecule has 9 nitrogen and oxygen atoms in total. The smallest absolute Gasteiger partial charge is 0.428 e. The van der Waals surface area contributed by atoms with E-state index in [4.69, 9.17) is 4.74 Å². The molecule has 0 atom stereocenters. The van der Waals surface area contributed by atoms with Gasteiger partial charge < -0.3 is 9.47 Å². The highest BCUT2D eigenvalue weighted by Gasteiger charge is 2.31. The fraction of sp³-hybridized carbons (Fsp3) is 0.533. The van der Waals surface area contributed by atoms with Crippen LogP contribution in [0.25, 0.3) is 0 Å². The van der Waals surface area contributed by atoms with E-state index in [2.05, 4.69) is 4.74 Å². The van der Waals surface area contributed by atoms with Crippen molar-refractivity contribution in [1.29, 1.82) is 0 Å². The van der Waals surface area contributed by atoms with Crippen molar-refractivity contribution in [3.63, 3.8) is 0 Å². The Kier molecular flexibility index (Phi) is 6.93. The minimum absolute atomic E-state index is 0.0279. The summed E-state index contributed by atoms with van der Waals surface area (Å²) in [7, 11) is 0. The highest BCUT2D eigenvalue weighted by atomic mass is 19.3. The lowest BCUT2D eigenvalue weighted by atomic mass is 10.0. The number of carbonyl (C=O) groups is 1. The van der Waals surface area contributed by atoms with Gasteiger partial charge in [0.25, 0.3) is 11.6 Å². The summed E-state index contributed by atoms with van der Waals surface area (Å²) < 4.78 is 35.3. The van der Waals surface area contributed by atoms with Crippen molar-refractivity contribution in [2.24, 2.45) is 5.92 Å². The minimum Gasteiger partial charge on any atom is -0.428 e. The van der Waals surface area contributed by atoms with E-state index in [9.17, 15) is 33.8 Å². The Morgan fingerprint density at radius 3 is 2.31 bits per heavy atom. The van der Waals surface area contributed by atoms with Crippen LogP contribution in [0.1, 0.15) is 32.8 Å². The standard InChI is InChI=1S/C15H18F2N2O7/c1-4-15(16,17)8-25-14(20)26-13-10(5-9(2)3)6-11(18(21)22)7-12(13)19(23)24/h6-7,9H,4-5,8H2,1-3H3. The number of alkyl halides is 2. The maximum atomic E-state index is 13.1. The van der Waals surface area contributed by atoms with Gasteiger partial charge in [-0.3, -0.25) is 20.2 Å². The van der Waals surface area contributed by atoms with Crippen LogP contribution in [0, 0.1) is 26.1 Å². The normalized spacial score (nSPS) is 11.3. The molecule has 1 rings (SSSR count). The third kappa shape index (κ3) is 5.90. The van der Waals surface area contributed by atoms with Gasteiger partial charge in [0, 0.05) is 18.1 Å². The van der Waals surface area contributed by atoms with Gasteiger partial charge in [0.1, 0.15) is 0 Å². The number of nitro benzene ring substituents is 2. The summed E-state index contributed by atoms with van der Waals surface area (Å²) >= 11 is 0. The van der Waals surface area contributed by atoms with Crippen LogP contribution < -0.4 is 4.74 Å². The third-order valence-corrected chi connectivity index (χ3v) is 3.27. The van der Waals surface area contributed by atoms with Crippen LogP contribution in [0.15, 0.2) is 12.1 Å². The molecule has 0 saturated carbocycles. The average molecular weight is 376 g/mol. The number of non-ortho nitro benzene ring substituents is 1. The molecular weight excluding hydrogens is 358 g/mol. The summed E-state index contributed by atoms with van der Waals surface area (Å²) in [6.45, 7) is 3.43. The Hall–Kier alpha value is -2.85. The van der Waals surface area contributed by atoms with Crippen LogP contribution in [0.5, 0.6) is 5.75 Å². The second-order valence-electron chi connectivity index (χ2n) is 5.92. The van der Waals surface area contributed by atoms with Crippen molar-refractivity contribution < 1.29 is 32.9 Å². The number of ether oxygens (including phenoxy) is 2. The van der Waals surface area contributed by atoms with Gasteiger partial charge in [-0.05, 0) is 12.3 Å². The number of hydrogen-bond donors (Lipinski definition) is 0. The molecule has 0 bridgehead atoms. The molecule has 0 spiro atoms. The van der Waals surface area contributed by atoms with E-state index in [1.165, 1.54) is 6.92 Å². The van der Waals surface area contributed by atoms with Gasteiger partial charge >= 0.3 is 11.8 Å². The van der Waals surface area contributed by atoms with Gasteiger partial charge in [-0.15, -0.1) is 0 Å². The topological polar surface area (TPSA) is 122 Å². The van der Waals surface area contributed by atoms with Crippen molar-refractivity contribution in [2.75, 3.05) is 6.61 Å². The van der Waals surface area contributed by atoms with Crippen molar-refractivity contribution in [3.05, 3.63) is 37.9 Å². The number of nitrogens with zero attached hydrogens (tertiary/aromatic N) is 2. The highest BCUT2D eigenvalue weighted by molar-refractivity contribution is 5.69.